The Labute approximate surface area is 196 Å². The van der Waals surface area contributed by atoms with Gasteiger partial charge in [0.25, 0.3) is 5.69 Å². The fourth-order valence-corrected chi connectivity index (χ4v) is 4.66. The molecule has 2 aromatic heterocycles. The van der Waals surface area contributed by atoms with Crippen molar-refractivity contribution in [1.82, 2.24) is 14.8 Å². The van der Waals surface area contributed by atoms with Gasteiger partial charge in [-0.2, -0.15) is 5.10 Å². The van der Waals surface area contributed by atoms with Crippen LogP contribution in [0.4, 0.5) is 17.1 Å². The van der Waals surface area contributed by atoms with E-state index in [0.29, 0.717) is 10.7 Å². The molecule has 168 valence electrons. The number of rotatable bonds is 4. The lowest BCUT2D eigenvalue weighted by Gasteiger charge is -2.37. The molecular formula is C24H23ClN6O2. The molecule has 0 radical (unpaired) electrons. The van der Waals surface area contributed by atoms with Crippen molar-refractivity contribution in [2.24, 2.45) is 0 Å². The second-order valence-electron chi connectivity index (χ2n) is 8.23. The highest BCUT2D eigenvalue weighted by atomic mass is 35.5. The molecule has 0 saturated carbocycles. The molecule has 1 aliphatic rings. The normalized spacial score (nSPS) is 14.2. The summed E-state index contributed by atoms with van der Waals surface area (Å²) in [4.78, 5) is 20.4. The average molecular weight is 463 g/mol. The van der Waals surface area contributed by atoms with Gasteiger partial charge in [-0.25, -0.2) is 4.68 Å². The van der Waals surface area contributed by atoms with Gasteiger partial charge in [-0.1, -0.05) is 11.6 Å². The number of fused-ring (bicyclic) bond motifs is 1. The van der Waals surface area contributed by atoms with E-state index in [9.17, 15) is 10.1 Å². The van der Waals surface area contributed by atoms with Gasteiger partial charge in [0.1, 0.15) is 5.69 Å². The Morgan fingerprint density at radius 3 is 2.39 bits per heavy atom. The van der Waals surface area contributed by atoms with E-state index in [-0.39, 0.29) is 10.6 Å². The van der Waals surface area contributed by atoms with Crippen molar-refractivity contribution < 1.29 is 4.92 Å². The van der Waals surface area contributed by atoms with Gasteiger partial charge in [-0.05, 0) is 56.3 Å². The monoisotopic (exact) mass is 462 g/mol. The molecule has 0 amide bonds. The van der Waals surface area contributed by atoms with E-state index >= 15 is 0 Å². The standard InChI is InChI=1S/C24H23ClN6O2/c1-16-13-17(2)30(27-16)24-15-19(4-6-23(24)31(32)33)28-9-11-29(12-10-28)22-7-8-26-21-14-18(25)3-5-20(21)22/h3-8,13-15H,9-12H2,1-2H3. The second-order valence-corrected chi connectivity index (χ2v) is 8.67. The van der Waals surface area contributed by atoms with E-state index in [1.165, 1.54) is 0 Å². The number of hydrogen-bond acceptors (Lipinski definition) is 6. The Balaban J connectivity index is 1.41. The van der Waals surface area contributed by atoms with E-state index in [0.717, 1.165) is 59.8 Å². The number of nitro benzene ring substituents is 1. The molecule has 0 bridgehead atoms. The lowest BCUT2D eigenvalue weighted by molar-refractivity contribution is -0.384. The van der Waals surface area contributed by atoms with Crippen LogP contribution in [0, 0.1) is 24.0 Å². The molecule has 1 aliphatic heterocycles. The van der Waals surface area contributed by atoms with Crippen LogP contribution in [-0.2, 0) is 0 Å². The maximum atomic E-state index is 11.7. The number of piperazine rings is 1. The van der Waals surface area contributed by atoms with E-state index in [2.05, 4.69) is 19.9 Å². The van der Waals surface area contributed by atoms with E-state index in [1.807, 2.05) is 62.5 Å². The molecule has 0 atom stereocenters. The summed E-state index contributed by atoms with van der Waals surface area (Å²) in [6.45, 7) is 7.04. The summed E-state index contributed by atoms with van der Waals surface area (Å²) in [6.07, 6.45) is 1.82. The van der Waals surface area contributed by atoms with Crippen molar-refractivity contribution >= 4 is 39.6 Å². The summed E-state index contributed by atoms with van der Waals surface area (Å²) in [5.41, 5.74) is 5.20. The molecule has 1 saturated heterocycles. The Kier molecular flexibility index (Phi) is 5.38. The third kappa shape index (κ3) is 3.98. The summed E-state index contributed by atoms with van der Waals surface area (Å²) in [7, 11) is 0. The third-order valence-electron chi connectivity index (χ3n) is 6.06. The van der Waals surface area contributed by atoms with Gasteiger partial charge in [-0.3, -0.25) is 15.1 Å². The van der Waals surface area contributed by atoms with Crippen LogP contribution in [0.25, 0.3) is 16.6 Å². The van der Waals surface area contributed by atoms with E-state index in [1.54, 1.807) is 10.7 Å². The molecule has 0 unspecified atom stereocenters. The van der Waals surface area contributed by atoms with Gasteiger partial charge in [0.05, 0.1) is 16.1 Å². The molecule has 5 rings (SSSR count). The number of nitro groups is 1. The largest absolute Gasteiger partial charge is 0.368 e. The number of aromatic nitrogens is 3. The van der Waals surface area contributed by atoms with E-state index < -0.39 is 0 Å². The number of hydrogen-bond donors (Lipinski definition) is 0. The Bertz CT molecular complexity index is 1360. The van der Waals surface area contributed by atoms with Crippen LogP contribution >= 0.6 is 11.6 Å². The predicted molar refractivity (Wildman–Crippen MR) is 131 cm³/mol. The van der Waals surface area contributed by atoms with Crippen LogP contribution in [0.2, 0.25) is 5.02 Å². The maximum absolute atomic E-state index is 11.7. The number of benzene rings is 2. The van der Waals surface area contributed by atoms with Crippen molar-refractivity contribution in [1.29, 1.82) is 0 Å². The highest BCUT2D eigenvalue weighted by molar-refractivity contribution is 6.31. The lowest BCUT2D eigenvalue weighted by Crippen LogP contribution is -2.46. The topological polar surface area (TPSA) is 80.3 Å². The Morgan fingerprint density at radius 2 is 1.70 bits per heavy atom. The first-order valence-corrected chi connectivity index (χ1v) is 11.1. The summed E-state index contributed by atoms with van der Waals surface area (Å²) >= 11 is 6.13. The molecule has 3 heterocycles. The molecule has 2 aromatic carbocycles. The van der Waals surface area contributed by atoms with Crippen molar-refractivity contribution in [3.8, 4) is 5.69 Å². The SMILES string of the molecule is Cc1cc(C)n(-c2cc(N3CCN(c4ccnc5cc(Cl)ccc45)CC3)ccc2[N+](=O)[O-])n1. The van der Waals surface area contributed by atoms with Crippen LogP contribution in [0.15, 0.2) is 54.7 Å². The van der Waals surface area contributed by atoms with Crippen molar-refractivity contribution in [3.05, 3.63) is 81.3 Å². The Hall–Kier alpha value is -3.65. The minimum absolute atomic E-state index is 0.0468. The van der Waals surface area contributed by atoms with Gasteiger partial charge in [0.15, 0.2) is 0 Å². The first-order valence-electron chi connectivity index (χ1n) is 10.8. The zero-order chi connectivity index (χ0) is 23.1. The molecule has 0 aliphatic carbocycles. The number of aryl methyl sites for hydroxylation is 2. The minimum atomic E-state index is -0.353. The number of halogens is 1. The molecule has 8 nitrogen and oxygen atoms in total. The van der Waals surface area contributed by atoms with Crippen molar-refractivity contribution in [2.75, 3.05) is 36.0 Å². The molecule has 33 heavy (non-hydrogen) atoms. The van der Waals surface area contributed by atoms with Crippen LogP contribution in [0.5, 0.6) is 0 Å². The second kappa shape index (κ2) is 8.37. The first-order chi connectivity index (χ1) is 15.9. The summed E-state index contributed by atoms with van der Waals surface area (Å²) in [5, 5.41) is 17.9. The highest BCUT2D eigenvalue weighted by Gasteiger charge is 2.23. The third-order valence-corrected chi connectivity index (χ3v) is 6.30. The fraction of sp³-hybridized carbons (Fsp3) is 0.250. The van der Waals surface area contributed by atoms with Crippen LogP contribution in [-0.4, -0.2) is 45.9 Å². The van der Waals surface area contributed by atoms with Crippen LogP contribution in [0.1, 0.15) is 11.4 Å². The number of pyridine rings is 1. The Morgan fingerprint density at radius 1 is 0.939 bits per heavy atom. The summed E-state index contributed by atoms with van der Waals surface area (Å²) in [6, 6.07) is 15.0. The zero-order valence-corrected chi connectivity index (χ0v) is 19.2. The fourth-order valence-electron chi connectivity index (χ4n) is 4.49. The van der Waals surface area contributed by atoms with Crippen LogP contribution in [0.3, 0.4) is 0 Å². The molecular weight excluding hydrogens is 440 g/mol. The van der Waals surface area contributed by atoms with Gasteiger partial charge < -0.3 is 9.80 Å². The lowest BCUT2D eigenvalue weighted by atomic mass is 10.1. The quantitative estimate of drug-likeness (QED) is 0.316. The zero-order valence-electron chi connectivity index (χ0n) is 18.4. The molecule has 0 spiro atoms. The van der Waals surface area contributed by atoms with Crippen LogP contribution < -0.4 is 9.80 Å². The van der Waals surface area contributed by atoms with Crippen molar-refractivity contribution in [3.63, 3.8) is 0 Å². The molecule has 4 aromatic rings. The smallest absolute Gasteiger partial charge is 0.295 e. The maximum Gasteiger partial charge on any atom is 0.295 e. The molecule has 9 heteroatoms. The highest BCUT2D eigenvalue weighted by Crippen LogP contribution is 2.32. The predicted octanol–water partition coefficient (Wildman–Crippen LogP) is 4.93. The van der Waals surface area contributed by atoms with E-state index in [4.69, 9.17) is 11.6 Å². The first kappa shape index (κ1) is 21.2. The summed E-state index contributed by atoms with van der Waals surface area (Å²) < 4.78 is 1.65. The number of nitrogens with zero attached hydrogens (tertiary/aromatic N) is 6. The minimum Gasteiger partial charge on any atom is -0.368 e. The summed E-state index contributed by atoms with van der Waals surface area (Å²) in [5.74, 6) is 0. The molecule has 1 fully saturated rings. The van der Waals surface area contributed by atoms with Crippen molar-refractivity contribution in [2.45, 2.75) is 13.8 Å². The molecule has 0 N–H and O–H groups in total. The van der Waals surface area contributed by atoms with Gasteiger partial charge in [0.2, 0.25) is 0 Å². The van der Waals surface area contributed by atoms with Gasteiger partial charge in [-0.15, -0.1) is 0 Å². The number of anilines is 2. The van der Waals surface area contributed by atoms with Gasteiger partial charge in [0, 0.05) is 65.9 Å². The average Bonchev–Trinajstić information content (AvgIpc) is 3.15. The van der Waals surface area contributed by atoms with Gasteiger partial charge >= 0.3 is 0 Å².